The SMILES string of the molecule is Nc1ccc(/C=C/C(=O)NCCc2cc3cc(-c4ccc(C=O)cn4)cc(C(F)(F)F)c3o2)cn1. The Labute approximate surface area is 197 Å². The van der Waals surface area contributed by atoms with Crippen LogP contribution in [-0.2, 0) is 17.4 Å². The van der Waals surface area contributed by atoms with Gasteiger partial charge in [-0.25, -0.2) is 4.98 Å². The van der Waals surface area contributed by atoms with Gasteiger partial charge in [0.2, 0.25) is 5.91 Å². The van der Waals surface area contributed by atoms with E-state index in [4.69, 9.17) is 10.2 Å². The van der Waals surface area contributed by atoms with E-state index in [9.17, 15) is 22.8 Å². The van der Waals surface area contributed by atoms with Crippen LogP contribution in [0.1, 0.15) is 27.2 Å². The number of hydrogen-bond donors (Lipinski definition) is 2. The van der Waals surface area contributed by atoms with Crippen molar-refractivity contribution in [3.05, 3.63) is 83.4 Å². The molecule has 0 saturated heterocycles. The average Bonchev–Trinajstić information content (AvgIpc) is 3.25. The molecule has 1 amide bonds. The Bertz CT molecular complexity index is 1390. The molecule has 7 nitrogen and oxygen atoms in total. The molecule has 0 radical (unpaired) electrons. The third-order valence-electron chi connectivity index (χ3n) is 5.10. The first-order valence-electron chi connectivity index (χ1n) is 10.5. The summed E-state index contributed by atoms with van der Waals surface area (Å²) in [6.07, 6.45) is 1.85. The minimum absolute atomic E-state index is 0.159. The van der Waals surface area contributed by atoms with Crippen LogP contribution in [0, 0.1) is 0 Å². The summed E-state index contributed by atoms with van der Waals surface area (Å²) in [5.41, 5.74) is 5.84. The van der Waals surface area contributed by atoms with Crippen molar-refractivity contribution >= 4 is 35.1 Å². The van der Waals surface area contributed by atoms with Crippen LogP contribution in [-0.4, -0.2) is 28.7 Å². The summed E-state index contributed by atoms with van der Waals surface area (Å²) in [6, 6.07) is 10.3. The van der Waals surface area contributed by atoms with E-state index in [2.05, 4.69) is 15.3 Å². The molecule has 0 atom stereocenters. The molecule has 0 unspecified atom stereocenters. The monoisotopic (exact) mass is 480 g/mol. The number of nitrogens with two attached hydrogens (primary N) is 1. The molecular formula is C25H19F3N4O3. The number of carbonyl (C=O) groups excluding carboxylic acids is 2. The van der Waals surface area contributed by atoms with Gasteiger partial charge in [-0.1, -0.05) is 0 Å². The predicted molar refractivity (Wildman–Crippen MR) is 124 cm³/mol. The number of aldehydes is 1. The van der Waals surface area contributed by atoms with Gasteiger partial charge in [-0.15, -0.1) is 0 Å². The number of halogens is 3. The van der Waals surface area contributed by atoms with E-state index in [-0.39, 0.29) is 35.4 Å². The normalized spacial score (nSPS) is 11.7. The minimum atomic E-state index is -4.65. The highest BCUT2D eigenvalue weighted by Crippen LogP contribution is 2.39. The summed E-state index contributed by atoms with van der Waals surface area (Å²) >= 11 is 0. The summed E-state index contributed by atoms with van der Waals surface area (Å²) < 4.78 is 46.7. The van der Waals surface area contributed by atoms with Crippen molar-refractivity contribution in [2.75, 3.05) is 12.3 Å². The van der Waals surface area contributed by atoms with E-state index in [0.717, 1.165) is 6.07 Å². The Balaban J connectivity index is 1.50. The van der Waals surface area contributed by atoms with Crippen LogP contribution >= 0.6 is 0 Å². The number of rotatable bonds is 7. The molecule has 0 bridgehead atoms. The largest absolute Gasteiger partial charge is 0.460 e. The highest BCUT2D eigenvalue weighted by molar-refractivity contribution is 5.91. The topological polar surface area (TPSA) is 111 Å². The lowest BCUT2D eigenvalue weighted by Crippen LogP contribution is -2.23. The van der Waals surface area contributed by atoms with Crippen LogP contribution in [0.5, 0.6) is 0 Å². The van der Waals surface area contributed by atoms with Crippen LogP contribution in [0.2, 0.25) is 0 Å². The van der Waals surface area contributed by atoms with Gasteiger partial charge < -0.3 is 15.5 Å². The third kappa shape index (κ3) is 5.72. The second-order valence-electron chi connectivity index (χ2n) is 7.64. The van der Waals surface area contributed by atoms with Crippen molar-refractivity contribution in [1.82, 2.24) is 15.3 Å². The van der Waals surface area contributed by atoms with Gasteiger partial charge in [0.1, 0.15) is 17.2 Å². The lowest BCUT2D eigenvalue weighted by atomic mass is 10.0. The summed E-state index contributed by atoms with van der Waals surface area (Å²) in [6.45, 7) is 0.159. The number of nitrogens with one attached hydrogen (secondary N) is 1. The van der Waals surface area contributed by atoms with Gasteiger partial charge in [0.25, 0.3) is 0 Å². The maximum Gasteiger partial charge on any atom is 0.420 e. The number of pyridine rings is 2. The number of nitrogens with zero attached hydrogens (tertiary/aromatic N) is 2. The minimum Gasteiger partial charge on any atom is -0.460 e. The molecule has 0 spiro atoms. The van der Waals surface area contributed by atoms with Crippen molar-refractivity contribution in [2.24, 2.45) is 0 Å². The van der Waals surface area contributed by atoms with Crippen molar-refractivity contribution in [3.8, 4) is 11.3 Å². The molecule has 0 fully saturated rings. The Morgan fingerprint density at radius 3 is 2.49 bits per heavy atom. The van der Waals surface area contributed by atoms with E-state index in [1.54, 1.807) is 24.3 Å². The Hall–Kier alpha value is -4.47. The molecule has 178 valence electrons. The number of carbonyl (C=O) groups is 2. The maximum atomic E-state index is 13.7. The number of nitrogen functional groups attached to an aromatic ring is 1. The van der Waals surface area contributed by atoms with Gasteiger partial charge in [-0.05, 0) is 54.1 Å². The van der Waals surface area contributed by atoms with Crippen molar-refractivity contribution in [2.45, 2.75) is 12.6 Å². The summed E-state index contributed by atoms with van der Waals surface area (Å²) in [7, 11) is 0. The van der Waals surface area contributed by atoms with Crippen LogP contribution in [0.3, 0.4) is 0 Å². The molecule has 4 rings (SSSR count). The molecule has 3 N–H and O–H groups in total. The molecule has 4 aromatic rings. The van der Waals surface area contributed by atoms with Crippen LogP contribution in [0.15, 0.2) is 65.4 Å². The summed E-state index contributed by atoms with van der Waals surface area (Å²) in [5.74, 6) is 0.283. The first-order chi connectivity index (χ1) is 16.7. The molecule has 0 aliphatic carbocycles. The number of aromatic nitrogens is 2. The number of amides is 1. The fraction of sp³-hybridized carbons (Fsp3) is 0.120. The zero-order chi connectivity index (χ0) is 25.0. The Morgan fingerprint density at radius 1 is 1.06 bits per heavy atom. The summed E-state index contributed by atoms with van der Waals surface area (Å²) in [4.78, 5) is 30.8. The third-order valence-corrected chi connectivity index (χ3v) is 5.10. The van der Waals surface area contributed by atoms with Gasteiger partial charge in [0, 0.05) is 47.9 Å². The van der Waals surface area contributed by atoms with Crippen molar-refractivity contribution in [3.63, 3.8) is 0 Å². The Kier molecular flexibility index (Phi) is 6.63. The fourth-order valence-electron chi connectivity index (χ4n) is 3.39. The first kappa shape index (κ1) is 23.7. The van der Waals surface area contributed by atoms with E-state index < -0.39 is 11.7 Å². The second-order valence-corrected chi connectivity index (χ2v) is 7.64. The van der Waals surface area contributed by atoms with Gasteiger partial charge in [0.15, 0.2) is 6.29 Å². The number of fused-ring (bicyclic) bond motifs is 1. The fourth-order valence-corrected chi connectivity index (χ4v) is 3.39. The van der Waals surface area contributed by atoms with E-state index >= 15 is 0 Å². The zero-order valence-electron chi connectivity index (χ0n) is 18.2. The van der Waals surface area contributed by atoms with Crippen molar-refractivity contribution < 1.29 is 27.2 Å². The van der Waals surface area contributed by atoms with Gasteiger partial charge >= 0.3 is 6.18 Å². The number of benzene rings is 1. The smallest absolute Gasteiger partial charge is 0.420 e. The predicted octanol–water partition coefficient (Wildman–Crippen LogP) is 4.68. The summed E-state index contributed by atoms with van der Waals surface area (Å²) in [5, 5.41) is 2.92. The highest BCUT2D eigenvalue weighted by Gasteiger charge is 2.35. The second kappa shape index (κ2) is 9.80. The van der Waals surface area contributed by atoms with Gasteiger partial charge in [-0.3, -0.25) is 14.6 Å². The highest BCUT2D eigenvalue weighted by atomic mass is 19.4. The maximum absolute atomic E-state index is 13.7. The van der Waals surface area contributed by atoms with Crippen LogP contribution in [0.4, 0.5) is 19.0 Å². The lowest BCUT2D eigenvalue weighted by molar-refractivity contribution is -0.136. The van der Waals surface area contributed by atoms with Gasteiger partial charge in [0.05, 0.1) is 11.3 Å². The van der Waals surface area contributed by atoms with E-state index in [0.29, 0.717) is 34.7 Å². The number of anilines is 1. The number of furan rings is 1. The van der Waals surface area contributed by atoms with E-state index in [1.807, 2.05) is 0 Å². The average molecular weight is 480 g/mol. The number of hydrogen-bond acceptors (Lipinski definition) is 6. The standard InChI is InChI=1S/C25H19F3N4O3/c26-25(27,28)20-11-17(21-4-1-16(14-33)13-31-21)9-18-10-19(35-24(18)20)7-8-30-23(34)6-3-15-2-5-22(29)32-12-15/h1-6,9-14H,7-8H2,(H2,29,32)(H,30,34)/b6-3+. The molecule has 0 aliphatic heterocycles. The van der Waals surface area contributed by atoms with Crippen molar-refractivity contribution in [1.29, 1.82) is 0 Å². The molecule has 1 aromatic carbocycles. The molecule has 0 saturated carbocycles. The molecule has 10 heteroatoms. The van der Waals surface area contributed by atoms with Gasteiger partial charge in [-0.2, -0.15) is 13.2 Å². The van der Waals surface area contributed by atoms with Crippen LogP contribution < -0.4 is 11.1 Å². The van der Waals surface area contributed by atoms with Crippen LogP contribution in [0.25, 0.3) is 28.3 Å². The molecule has 0 aliphatic rings. The molecular weight excluding hydrogens is 461 g/mol. The Morgan fingerprint density at radius 2 is 1.83 bits per heavy atom. The zero-order valence-corrected chi connectivity index (χ0v) is 18.2. The molecule has 3 heterocycles. The lowest BCUT2D eigenvalue weighted by Gasteiger charge is -2.10. The number of alkyl halides is 3. The first-order valence-corrected chi connectivity index (χ1v) is 10.5. The quantitative estimate of drug-likeness (QED) is 0.294. The molecule has 35 heavy (non-hydrogen) atoms. The molecule has 3 aromatic heterocycles. The van der Waals surface area contributed by atoms with E-state index in [1.165, 1.54) is 36.7 Å².